The van der Waals surface area contributed by atoms with Crippen LogP contribution in [0, 0.1) is 0 Å². The molecular weight excluding hydrogens is 446 g/mol. The summed E-state index contributed by atoms with van der Waals surface area (Å²) in [6.07, 6.45) is 1.66. The molecule has 2 heterocycles. The molecule has 0 saturated heterocycles. The van der Waals surface area contributed by atoms with E-state index < -0.39 is 0 Å². The van der Waals surface area contributed by atoms with E-state index in [0.29, 0.717) is 10.3 Å². The normalized spacial score (nSPS) is 11.2. The number of thiazole rings is 1. The lowest BCUT2D eigenvalue weighted by Gasteiger charge is -2.11. The predicted octanol–water partition coefficient (Wildman–Crippen LogP) is 2.84. The molecule has 0 unspecified atom stereocenters. The molecule has 0 radical (unpaired) electrons. The molecule has 0 bridgehead atoms. The third-order valence-corrected chi connectivity index (χ3v) is 6.22. The molecule has 32 heavy (non-hydrogen) atoms. The Labute approximate surface area is 192 Å². The Kier molecular flexibility index (Phi) is 6.52. The molecular formula is C20H21N9OS2. The van der Waals surface area contributed by atoms with Crippen molar-refractivity contribution in [3.05, 3.63) is 54.1 Å². The van der Waals surface area contributed by atoms with E-state index >= 15 is 0 Å². The van der Waals surface area contributed by atoms with Crippen LogP contribution in [0.3, 0.4) is 0 Å². The average molecular weight is 468 g/mol. The van der Waals surface area contributed by atoms with Gasteiger partial charge in [-0.15, -0.1) is 10.2 Å². The maximum atomic E-state index is 12.3. The van der Waals surface area contributed by atoms with Crippen molar-refractivity contribution in [2.45, 2.75) is 5.16 Å². The first-order valence-electron chi connectivity index (χ1n) is 9.55. The molecule has 1 amide bonds. The number of carbonyl (C=O) groups excluding carboxylic acids is 1. The van der Waals surface area contributed by atoms with E-state index in [1.165, 1.54) is 27.8 Å². The standard InChI is InChI=1S/C20H21N9OS2/c1-28(2)14-9-7-13(8-10-14)11-22-25-18-26-27-20(29(18)21)31-12-17(30)24-19-23-15-5-3-4-6-16(15)32-19/h3-11H,12,21H2,1-2H3,(H,25,26)(H,23,24,30)/b22-11+. The topological polar surface area (TPSA) is 126 Å². The van der Waals surface area contributed by atoms with Crippen molar-refractivity contribution in [1.29, 1.82) is 0 Å². The Balaban J connectivity index is 1.29. The quantitative estimate of drug-likeness (QED) is 0.156. The number of para-hydroxylation sites is 1. The highest BCUT2D eigenvalue weighted by molar-refractivity contribution is 7.99. The van der Waals surface area contributed by atoms with E-state index in [9.17, 15) is 4.79 Å². The summed E-state index contributed by atoms with van der Waals surface area (Å²) < 4.78 is 2.27. The van der Waals surface area contributed by atoms with Gasteiger partial charge >= 0.3 is 0 Å². The molecule has 0 aliphatic carbocycles. The number of nitrogens with two attached hydrogens (primary N) is 1. The van der Waals surface area contributed by atoms with Crippen LogP contribution in [0.4, 0.5) is 16.8 Å². The molecule has 2 aromatic heterocycles. The van der Waals surface area contributed by atoms with Crippen molar-refractivity contribution in [2.24, 2.45) is 5.10 Å². The third-order valence-electron chi connectivity index (χ3n) is 4.32. The molecule has 4 aromatic rings. The summed E-state index contributed by atoms with van der Waals surface area (Å²) in [4.78, 5) is 18.7. The Morgan fingerprint density at radius 3 is 2.75 bits per heavy atom. The second-order valence-corrected chi connectivity index (χ2v) is 8.83. The molecule has 10 nitrogen and oxygen atoms in total. The number of nitrogens with zero attached hydrogens (tertiary/aromatic N) is 6. The summed E-state index contributed by atoms with van der Waals surface area (Å²) in [7, 11) is 3.97. The van der Waals surface area contributed by atoms with Crippen LogP contribution < -0.4 is 21.5 Å². The molecule has 2 aromatic carbocycles. The maximum absolute atomic E-state index is 12.3. The summed E-state index contributed by atoms with van der Waals surface area (Å²) in [6.45, 7) is 0. The number of hydrazone groups is 1. The number of aromatic nitrogens is 4. The lowest BCUT2D eigenvalue weighted by Crippen LogP contribution is -2.16. The minimum Gasteiger partial charge on any atom is -0.378 e. The predicted molar refractivity (Wildman–Crippen MR) is 131 cm³/mol. The highest BCUT2D eigenvalue weighted by Gasteiger charge is 2.13. The van der Waals surface area contributed by atoms with E-state index in [1.807, 2.05) is 67.5 Å². The summed E-state index contributed by atoms with van der Waals surface area (Å²) in [5, 5.41) is 15.9. The fourth-order valence-corrected chi connectivity index (χ4v) is 4.22. The van der Waals surface area contributed by atoms with Gasteiger partial charge in [0.15, 0.2) is 5.13 Å². The van der Waals surface area contributed by atoms with Gasteiger partial charge in [0.2, 0.25) is 11.1 Å². The monoisotopic (exact) mass is 467 g/mol. The number of thioether (sulfide) groups is 1. The zero-order valence-electron chi connectivity index (χ0n) is 17.4. The molecule has 0 fully saturated rings. The Bertz CT molecular complexity index is 1210. The van der Waals surface area contributed by atoms with Crippen molar-refractivity contribution >= 4 is 62.2 Å². The molecule has 4 rings (SSSR count). The molecule has 0 atom stereocenters. The maximum Gasteiger partial charge on any atom is 0.264 e. The molecule has 0 aliphatic rings. The number of benzene rings is 2. The fourth-order valence-electron chi connectivity index (χ4n) is 2.69. The smallest absolute Gasteiger partial charge is 0.264 e. The molecule has 0 spiro atoms. The van der Waals surface area contributed by atoms with Gasteiger partial charge < -0.3 is 16.1 Å². The zero-order valence-corrected chi connectivity index (χ0v) is 19.0. The lowest BCUT2D eigenvalue weighted by atomic mass is 10.2. The number of fused-ring (bicyclic) bond motifs is 1. The first-order valence-corrected chi connectivity index (χ1v) is 11.3. The van der Waals surface area contributed by atoms with Gasteiger partial charge in [-0.1, -0.05) is 47.4 Å². The van der Waals surface area contributed by atoms with Crippen molar-refractivity contribution in [3.63, 3.8) is 0 Å². The fraction of sp³-hybridized carbons (Fsp3) is 0.150. The Hall–Kier alpha value is -3.64. The summed E-state index contributed by atoms with van der Waals surface area (Å²) >= 11 is 2.59. The first-order chi connectivity index (χ1) is 15.5. The highest BCUT2D eigenvalue weighted by Crippen LogP contribution is 2.25. The number of hydrogen-bond donors (Lipinski definition) is 3. The minimum absolute atomic E-state index is 0.118. The number of carbonyl (C=O) groups is 1. The number of amides is 1. The van der Waals surface area contributed by atoms with Crippen LogP contribution in [0.25, 0.3) is 10.2 Å². The lowest BCUT2D eigenvalue weighted by molar-refractivity contribution is -0.113. The van der Waals surface area contributed by atoms with Gasteiger partial charge in [-0.25, -0.2) is 15.1 Å². The molecule has 4 N–H and O–H groups in total. The largest absolute Gasteiger partial charge is 0.378 e. The average Bonchev–Trinajstić information content (AvgIpc) is 3.35. The van der Waals surface area contributed by atoms with E-state index in [-0.39, 0.29) is 17.6 Å². The van der Waals surface area contributed by atoms with Crippen LogP contribution in [0.2, 0.25) is 0 Å². The Morgan fingerprint density at radius 2 is 2.00 bits per heavy atom. The van der Waals surface area contributed by atoms with E-state index in [0.717, 1.165) is 21.5 Å². The number of hydrogen-bond acceptors (Lipinski definition) is 10. The second kappa shape index (κ2) is 9.66. The van der Waals surface area contributed by atoms with Crippen LogP contribution >= 0.6 is 23.1 Å². The van der Waals surface area contributed by atoms with Crippen LogP contribution in [0.1, 0.15) is 5.56 Å². The van der Waals surface area contributed by atoms with E-state index in [1.54, 1.807) is 6.21 Å². The van der Waals surface area contributed by atoms with Crippen molar-refractivity contribution < 1.29 is 4.79 Å². The third kappa shape index (κ3) is 5.15. The summed E-state index contributed by atoms with van der Waals surface area (Å²) in [5.74, 6) is 6.19. The van der Waals surface area contributed by atoms with E-state index in [2.05, 4.69) is 31.0 Å². The Morgan fingerprint density at radius 1 is 1.22 bits per heavy atom. The molecule has 164 valence electrons. The molecule has 0 saturated carbocycles. The van der Waals surface area contributed by atoms with Crippen LogP contribution in [-0.2, 0) is 4.79 Å². The molecule has 12 heteroatoms. The SMILES string of the molecule is CN(C)c1ccc(/C=N/Nc2nnc(SCC(=O)Nc3nc4ccccc4s3)n2N)cc1. The second-order valence-electron chi connectivity index (χ2n) is 6.86. The van der Waals surface area contributed by atoms with E-state index in [4.69, 9.17) is 5.84 Å². The van der Waals surface area contributed by atoms with Gasteiger partial charge in [0.25, 0.3) is 5.95 Å². The van der Waals surface area contributed by atoms with Crippen LogP contribution in [-0.4, -0.2) is 51.8 Å². The van der Waals surface area contributed by atoms with Crippen LogP contribution in [0.15, 0.2) is 58.8 Å². The van der Waals surface area contributed by atoms with Crippen molar-refractivity contribution in [2.75, 3.05) is 41.3 Å². The number of nitrogen functional groups attached to an aromatic ring is 1. The van der Waals surface area contributed by atoms with Gasteiger partial charge in [-0.3, -0.25) is 4.79 Å². The number of anilines is 3. The van der Waals surface area contributed by atoms with Gasteiger partial charge in [0.1, 0.15) is 0 Å². The van der Waals surface area contributed by atoms with Crippen molar-refractivity contribution in [1.82, 2.24) is 19.9 Å². The number of nitrogens with one attached hydrogen (secondary N) is 2. The van der Waals surface area contributed by atoms with Gasteiger partial charge in [0.05, 0.1) is 22.2 Å². The number of rotatable bonds is 8. The summed E-state index contributed by atoms with van der Waals surface area (Å²) in [6, 6.07) is 15.6. The van der Waals surface area contributed by atoms with Gasteiger partial charge in [0, 0.05) is 19.8 Å². The minimum atomic E-state index is -0.203. The van der Waals surface area contributed by atoms with Crippen LogP contribution in [0.5, 0.6) is 0 Å². The van der Waals surface area contributed by atoms with Crippen molar-refractivity contribution in [3.8, 4) is 0 Å². The van der Waals surface area contributed by atoms with Gasteiger partial charge in [-0.05, 0) is 29.8 Å². The van der Waals surface area contributed by atoms with Gasteiger partial charge in [-0.2, -0.15) is 5.10 Å². The first kappa shape index (κ1) is 21.6. The molecule has 0 aliphatic heterocycles. The zero-order chi connectivity index (χ0) is 22.5. The summed E-state index contributed by atoms with van der Waals surface area (Å²) in [5.41, 5.74) is 5.64. The highest BCUT2D eigenvalue weighted by atomic mass is 32.2.